The van der Waals surface area contributed by atoms with Gasteiger partial charge in [-0.1, -0.05) is 210 Å². The van der Waals surface area contributed by atoms with E-state index in [1.165, 1.54) is 17.2 Å². The van der Waals surface area contributed by atoms with Gasteiger partial charge in [-0.05, 0) is 84.7 Å². The van der Waals surface area contributed by atoms with Gasteiger partial charge in [0.2, 0.25) is 11.4 Å². The zero-order chi connectivity index (χ0) is 69.5. The first-order valence-corrected chi connectivity index (χ1v) is 31.3. The summed E-state index contributed by atoms with van der Waals surface area (Å²) in [7, 11) is 0.625. The van der Waals surface area contributed by atoms with Gasteiger partial charge in [-0.15, -0.1) is 0 Å². The number of aliphatic hydroxyl groups is 2. The number of nitrogen functional groups attached to an aromatic ring is 2. The number of aliphatic hydroxyl groups excluding tert-OH is 1. The standard InChI is InChI=1S/C34H33N5O4.C33H34N4O5.C2H5BF.C2H6O.C2H6.CH4.F2/c1-33(42-21-27-15-9-4-10-16-27)31(41-20-26-13-7-3-8-14-26)29(22-40-19-25-11-5-2-6-12-25)43-34(33,23-35)30-18-17-28-32(36)37-24-38-39(28)30;1-32(41-21-26-15-9-4-10-16-26)30(40-20-25-13-7-3-8-14-25)28(22-39-19-24-11-5-2-6-12-24)42-33(32,38)29-18-17-27-31(34)35-23-36-37(27)29;1-2-3-4;1-2-3;1-2;;1-2/h2-18,24,29,31H,19-22H2,1H3,(H2,36,37,38);2-18,23,28,30,38H,19-22H2,1H3,(H2,34,35,36);2H2,1H3;3H,2H2,1H3;1-2H3;1H4;/t29-,31-,33-,34+;28-,30-,32-,33?;;;;;/m11...../s1/i;;;;1D;;. The summed E-state index contributed by atoms with van der Waals surface area (Å²) >= 11 is 0. The van der Waals surface area contributed by atoms with Crippen LogP contribution in [-0.4, -0.2) is 102 Å². The van der Waals surface area contributed by atoms with E-state index >= 15 is 0 Å². The van der Waals surface area contributed by atoms with Crippen molar-refractivity contribution in [1.29, 1.82) is 5.26 Å². The Morgan fingerprint density at radius 3 is 1.25 bits per heavy atom. The average Bonchev–Trinajstić information content (AvgIpc) is 1.56. The highest BCUT2D eigenvalue weighted by atomic mass is 20.0. The van der Waals surface area contributed by atoms with Gasteiger partial charge >= 0.3 is 7.56 Å². The van der Waals surface area contributed by atoms with Gasteiger partial charge in [0.05, 0.1) is 58.5 Å². The summed E-state index contributed by atoms with van der Waals surface area (Å²) in [5, 5.41) is 40.0. The lowest BCUT2D eigenvalue weighted by Crippen LogP contribution is -2.55. The van der Waals surface area contributed by atoms with E-state index in [1.807, 2.05) is 196 Å². The number of nitrogens with zero attached hydrogens (tertiary/aromatic N) is 7. The van der Waals surface area contributed by atoms with E-state index in [0.717, 1.165) is 33.4 Å². The largest absolute Gasteiger partial charge is 0.397 e. The number of anilines is 2. The summed E-state index contributed by atoms with van der Waals surface area (Å²) in [4.78, 5) is 8.21. The molecule has 0 bridgehead atoms. The fraction of sp³-hybridized carbons (Fsp3) is 0.338. The molecule has 4 aromatic heterocycles. The highest BCUT2D eigenvalue weighted by Crippen LogP contribution is 2.52. The Morgan fingerprint density at radius 2 is 0.876 bits per heavy atom. The molecule has 97 heavy (non-hydrogen) atoms. The van der Waals surface area contributed by atoms with Crippen molar-refractivity contribution >= 4 is 30.2 Å². The third kappa shape index (κ3) is 18.8. The number of nitriles is 1. The minimum atomic E-state index is -1.99. The Bertz CT molecular complexity index is 3900. The van der Waals surface area contributed by atoms with Gasteiger partial charge < -0.3 is 63.9 Å². The Morgan fingerprint density at radius 1 is 0.557 bits per heavy atom. The van der Waals surface area contributed by atoms with Crippen LogP contribution in [0.25, 0.3) is 11.0 Å². The predicted octanol–water partition coefficient (Wildman–Crippen LogP) is 13.4. The molecule has 6 aromatic carbocycles. The molecule has 1 unspecified atom stereocenters. The molecular weight excluding hydrogens is 1240 g/mol. The van der Waals surface area contributed by atoms with Crippen LogP contribution in [0.1, 0.15) is 95.1 Å². The molecule has 8 atom stereocenters. The molecule has 6 heterocycles. The Kier molecular flexibility index (Phi) is 30.2. The maximum Gasteiger partial charge on any atom is 0.354 e. The molecule has 23 heteroatoms. The summed E-state index contributed by atoms with van der Waals surface area (Å²) in [6, 6.07) is 68.7. The molecular formula is C74H88BF3N9O10. The van der Waals surface area contributed by atoms with Crippen molar-refractivity contribution in [1.82, 2.24) is 29.2 Å². The van der Waals surface area contributed by atoms with Crippen LogP contribution < -0.4 is 11.5 Å². The third-order valence-corrected chi connectivity index (χ3v) is 15.9. The van der Waals surface area contributed by atoms with E-state index in [0.29, 0.717) is 68.8 Å². The van der Waals surface area contributed by atoms with Gasteiger partial charge in [-0.25, -0.2) is 19.0 Å². The normalized spacial score (nSPS) is 21.4. The zero-order valence-corrected chi connectivity index (χ0v) is 54.5. The predicted molar refractivity (Wildman–Crippen MR) is 368 cm³/mol. The van der Waals surface area contributed by atoms with E-state index in [9.17, 15) is 14.7 Å². The van der Waals surface area contributed by atoms with Crippen molar-refractivity contribution in [2.45, 2.75) is 142 Å². The molecule has 10 aromatic rings. The van der Waals surface area contributed by atoms with Crippen LogP contribution in [0.15, 0.2) is 219 Å². The number of hydrogen-bond donors (Lipinski definition) is 4. The Labute approximate surface area is 568 Å². The smallest absolute Gasteiger partial charge is 0.354 e. The lowest BCUT2D eigenvalue weighted by Gasteiger charge is -2.40. The molecule has 12 rings (SSSR count). The van der Waals surface area contributed by atoms with Gasteiger partial charge in [0, 0.05) is 17.1 Å². The highest BCUT2D eigenvalue weighted by Gasteiger charge is 2.69. The molecule has 1 radical (unpaired) electrons. The molecule has 0 aliphatic carbocycles. The first-order chi connectivity index (χ1) is 47.3. The number of hydrogen-bond acceptors (Lipinski definition) is 17. The number of halogens is 3. The second kappa shape index (κ2) is 38.7. The molecule has 2 aliphatic rings. The molecule has 2 saturated heterocycles. The summed E-state index contributed by atoms with van der Waals surface area (Å²) in [5.74, 6) is -1.42. The summed E-state index contributed by atoms with van der Waals surface area (Å²) in [6.45, 7) is 11.8. The minimum absolute atomic E-state index is 0. The maximum absolute atomic E-state index is 12.6. The first-order valence-electron chi connectivity index (χ1n) is 32.0. The van der Waals surface area contributed by atoms with Crippen LogP contribution in [0.3, 0.4) is 0 Å². The fourth-order valence-corrected chi connectivity index (χ4v) is 11.2. The van der Waals surface area contributed by atoms with Crippen molar-refractivity contribution < 1.29 is 62.9 Å². The molecule has 6 N–H and O–H groups in total. The third-order valence-electron chi connectivity index (χ3n) is 15.9. The van der Waals surface area contributed by atoms with Crippen molar-refractivity contribution in [3.63, 3.8) is 0 Å². The van der Waals surface area contributed by atoms with Gasteiger partial charge in [-0.3, -0.25) is 0 Å². The van der Waals surface area contributed by atoms with Crippen LogP contribution in [0.5, 0.6) is 0 Å². The van der Waals surface area contributed by atoms with Crippen LogP contribution in [0.2, 0.25) is 6.32 Å². The first kappa shape index (κ1) is 75.5. The number of aromatic nitrogens is 6. The highest BCUT2D eigenvalue weighted by molar-refractivity contribution is 6.25. The van der Waals surface area contributed by atoms with Crippen molar-refractivity contribution in [3.05, 3.63) is 264 Å². The van der Waals surface area contributed by atoms with Gasteiger partial charge in [0.1, 0.15) is 65.5 Å². The number of rotatable bonds is 23. The maximum atomic E-state index is 12.6. The second-order valence-corrected chi connectivity index (χ2v) is 22.1. The summed E-state index contributed by atoms with van der Waals surface area (Å²) < 4.78 is 88.2. The number of benzene rings is 6. The van der Waals surface area contributed by atoms with Gasteiger partial charge in [0.25, 0.3) is 0 Å². The SMILES string of the molecule is C.CCO.CC[B]F.C[C@@]1(OCc2ccccc2)[C@H](OCc2ccccc2)[C@@H](COCc2ccccc2)OC1(O)c1ccc2c(N)ncnn12.C[C@@]1(OCc2ccccc2)[C@H](OCc2ccccc2)[C@@H](COCc2ccccc2)O[C@@]1(C#N)c1ccc2c(N)ncnn12.FF.[2H]CC. The molecule has 513 valence electrons. The molecule has 2 fully saturated rings. The Balaban J connectivity index is 0.000000264. The summed E-state index contributed by atoms with van der Waals surface area (Å²) in [6.07, 6.45) is 0.461. The van der Waals surface area contributed by atoms with Crippen LogP contribution >= 0.6 is 0 Å². The lowest BCUT2D eigenvalue weighted by atomic mass is 9.79. The summed E-state index contributed by atoms with van der Waals surface area (Å²) in [5.41, 5.74) is 15.8. The van der Waals surface area contributed by atoms with Crippen molar-refractivity contribution in [2.24, 2.45) is 0 Å². The number of nitrogens with two attached hydrogens (primary N) is 2. The number of ether oxygens (including phenoxy) is 8. The zero-order valence-electron chi connectivity index (χ0n) is 55.5. The monoisotopic (exact) mass is 1330 g/mol. The quantitative estimate of drug-likeness (QED) is 0.0434. The minimum Gasteiger partial charge on any atom is -0.397 e. The lowest BCUT2D eigenvalue weighted by molar-refractivity contribution is -0.294. The van der Waals surface area contributed by atoms with Crippen molar-refractivity contribution in [2.75, 3.05) is 31.3 Å². The van der Waals surface area contributed by atoms with E-state index in [1.54, 1.807) is 49.6 Å². The van der Waals surface area contributed by atoms with Crippen molar-refractivity contribution in [3.8, 4) is 6.07 Å². The number of fused-ring (bicyclic) bond motifs is 2. The van der Waals surface area contributed by atoms with Crippen LogP contribution in [-0.2, 0) is 88.9 Å². The van der Waals surface area contributed by atoms with E-state index in [2.05, 4.69) is 26.2 Å². The molecule has 2 aliphatic heterocycles. The van der Waals surface area contributed by atoms with E-state index in [4.69, 9.17) is 65.0 Å². The Hall–Kier alpha value is -8.90. The van der Waals surface area contributed by atoms with E-state index in [-0.39, 0.29) is 52.9 Å². The topological polar surface area (TPSA) is 251 Å². The average molecular weight is 1330 g/mol. The van der Waals surface area contributed by atoms with Gasteiger partial charge in [0.15, 0.2) is 17.2 Å². The van der Waals surface area contributed by atoms with Gasteiger partial charge in [-0.2, -0.15) is 15.5 Å². The fourth-order valence-electron chi connectivity index (χ4n) is 11.2. The van der Waals surface area contributed by atoms with E-state index < -0.39 is 47.0 Å². The molecule has 0 saturated carbocycles. The van der Waals surface area contributed by atoms with Crippen LogP contribution in [0, 0.1) is 11.3 Å². The second-order valence-electron chi connectivity index (χ2n) is 22.1. The van der Waals surface area contributed by atoms with Crippen LogP contribution in [0.4, 0.5) is 25.1 Å². The molecule has 0 amide bonds. The molecule has 19 nitrogen and oxygen atoms in total. The molecule has 0 spiro atoms.